The second kappa shape index (κ2) is 11.6. The molecular weight excluding hydrogens is 527 g/mol. The standard InChI is InChI=1S/C35H47FN2O2Si/c1-23(2)41(24(3)4,25(5)6)40-22-26-10-8-11-27(18-26)34(39)32-13-9-12-29-19-33-28(20-35(29,32)7)21-37-38(33)31-16-14-30(36)15-17-31/h8,10-11,14-19,21,23-25,32,34,39H,9,12-13,20,22H2,1-7H3/t32-,34+,35+/m1/s1. The van der Waals surface area contributed by atoms with Gasteiger partial charge in [-0.15, -0.1) is 0 Å². The van der Waals surface area contributed by atoms with E-state index in [1.54, 1.807) is 12.1 Å². The summed E-state index contributed by atoms with van der Waals surface area (Å²) in [4.78, 5) is 0. The van der Waals surface area contributed by atoms with E-state index in [0.717, 1.165) is 48.2 Å². The van der Waals surface area contributed by atoms with E-state index < -0.39 is 14.4 Å². The predicted octanol–water partition coefficient (Wildman–Crippen LogP) is 9.18. The van der Waals surface area contributed by atoms with Gasteiger partial charge in [-0.05, 0) is 101 Å². The van der Waals surface area contributed by atoms with Crippen molar-refractivity contribution >= 4 is 14.4 Å². The molecule has 0 aliphatic heterocycles. The number of benzene rings is 2. The van der Waals surface area contributed by atoms with Crippen LogP contribution in [0.1, 0.15) is 96.2 Å². The fourth-order valence-electron chi connectivity index (χ4n) is 8.18. The minimum absolute atomic E-state index is 0.108. The van der Waals surface area contributed by atoms with Gasteiger partial charge in [-0.2, -0.15) is 5.10 Å². The van der Waals surface area contributed by atoms with Crippen molar-refractivity contribution in [3.8, 4) is 5.69 Å². The number of hydrogen-bond acceptors (Lipinski definition) is 3. The summed E-state index contributed by atoms with van der Waals surface area (Å²) in [5.74, 6) is -0.141. The number of aromatic nitrogens is 2. The van der Waals surface area contributed by atoms with Crippen molar-refractivity contribution in [2.75, 3.05) is 0 Å². The SMILES string of the molecule is CC(C)[Si](OCc1cccc([C@H](O)[C@H]2CCCC3=Cc4c(cnn4-c4ccc(F)cc4)C[C@@]32C)c1)(C(C)C)C(C)C. The Morgan fingerprint density at radius 2 is 1.73 bits per heavy atom. The fraction of sp³-hybridized carbons (Fsp3) is 0.514. The van der Waals surface area contributed by atoms with Crippen molar-refractivity contribution in [2.45, 2.75) is 103 Å². The lowest BCUT2D eigenvalue weighted by atomic mass is 9.57. The zero-order valence-corrected chi connectivity index (χ0v) is 26.8. The van der Waals surface area contributed by atoms with Crippen LogP contribution in [0.3, 0.4) is 0 Å². The number of nitrogens with zero attached hydrogens (tertiary/aromatic N) is 2. The van der Waals surface area contributed by atoms with Crippen molar-refractivity contribution in [1.29, 1.82) is 0 Å². The van der Waals surface area contributed by atoms with E-state index in [0.29, 0.717) is 23.2 Å². The molecule has 0 bridgehead atoms. The number of allylic oxidation sites excluding steroid dienone is 1. The van der Waals surface area contributed by atoms with Crippen LogP contribution in [0, 0.1) is 17.2 Å². The molecule has 6 heteroatoms. The Balaban J connectivity index is 1.39. The lowest BCUT2D eigenvalue weighted by Crippen LogP contribution is -2.47. The summed E-state index contributed by atoms with van der Waals surface area (Å²) in [6.45, 7) is 16.8. The fourth-order valence-corrected chi connectivity index (χ4v) is 13.6. The van der Waals surface area contributed by atoms with E-state index in [1.165, 1.54) is 23.3 Å². The van der Waals surface area contributed by atoms with Crippen LogP contribution in [0.4, 0.5) is 4.39 Å². The average Bonchev–Trinajstić information content (AvgIpc) is 3.33. The van der Waals surface area contributed by atoms with Crippen LogP contribution < -0.4 is 0 Å². The van der Waals surface area contributed by atoms with Gasteiger partial charge >= 0.3 is 0 Å². The summed E-state index contributed by atoms with van der Waals surface area (Å²) in [5.41, 5.74) is 8.07. The molecule has 41 heavy (non-hydrogen) atoms. The topological polar surface area (TPSA) is 47.3 Å². The Kier molecular flexibility index (Phi) is 8.48. The van der Waals surface area contributed by atoms with E-state index in [-0.39, 0.29) is 17.2 Å². The van der Waals surface area contributed by atoms with Gasteiger partial charge in [0, 0.05) is 0 Å². The third kappa shape index (κ3) is 5.39. The first-order valence-corrected chi connectivity index (χ1v) is 17.6. The highest BCUT2D eigenvalue weighted by atomic mass is 28.4. The molecule has 1 saturated carbocycles. The van der Waals surface area contributed by atoms with Crippen LogP contribution >= 0.6 is 0 Å². The lowest BCUT2D eigenvalue weighted by Gasteiger charge is -2.47. The monoisotopic (exact) mass is 574 g/mol. The molecule has 1 heterocycles. The minimum Gasteiger partial charge on any atom is -0.412 e. The molecule has 5 rings (SSSR count). The number of fused-ring (bicyclic) bond motifs is 2. The number of hydrogen-bond donors (Lipinski definition) is 1. The van der Waals surface area contributed by atoms with Crippen molar-refractivity contribution < 1.29 is 13.9 Å². The van der Waals surface area contributed by atoms with Gasteiger partial charge < -0.3 is 9.53 Å². The van der Waals surface area contributed by atoms with Crippen molar-refractivity contribution in [1.82, 2.24) is 9.78 Å². The van der Waals surface area contributed by atoms with E-state index >= 15 is 0 Å². The second-order valence-corrected chi connectivity index (χ2v) is 19.0. The molecular formula is C35H47FN2O2Si. The normalized spacial score (nSPS) is 21.7. The summed E-state index contributed by atoms with van der Waals surface area (Å²) in [7, 11) is -1.98. The third-order valence-electron chi connectivity index (χ3n) is 10.2. The van der Waals surface area contributed by atoms with Crippen molar-refractivity contribution in [2.24, 2.45) is 11.3 Å². The van der Waals surface area contributed by atoms with E-state index in [1.807, 2.05) is 10.9 Å². The largest absolute Gasteiger partial charge is 0.412 e. The molecule has 3 aromatic rings. The second-order valence-electron chi connectivity index (χ2n) is 13.5. The van der Waals surface area contributed by atoms with Crippen LogP contribution in [0.2, 0.25) is 16.6 Å². The molecule has 2 aliphatic rings. The predicted molar refractivity (Wildman–Crippen MR) is 168 cm³/mol. The van der Waals surface area contributed by atoms with E-state index in [9.17, 15) is 9.50 Å². The highest BCUT2D eigenvalue weighted by molar-refractivity contribution is 6.77. The van der Waals surface area contributed by atoms with Gasteiger partial charge in [0.2, 0.25) is 8.32 Å². The number of aliphatic hydroxyl groups is 1. The van der Waals surface area contributed by atoms with Crippen LogP contribution in [0.5, 0.6) is 0 Å². The maximum absolute atomic E-state index is 13.5. The Morgan fingerprint density at radius 1 is 1.05 bits per heavy atom. The number of rotatable bonds is 9. The van der Waals surface area contributed by atoms with Crippen LogP contribution in [0.15, 0.2) is 60.3 Å². The van der Waals surface area contributed by atoms with Crippen LogP contribution in [0.25, 0.3) is 11.8 Å². The van der Waals surface area contributed by atoms with Gasteiger partial charge in [0.05, 0.1) is 30.3 Å². The molecule has 0 unspecified atom stereocenters. The number of aliphatic hydroxyl groups excluding tert-OH is 1. The molecule has 1 aromatic heterocycles. The Bertz CT molecular complexity index is 1370. The third-order valence-corrected chi connectivity index (χ3v) is 16.3. The van der Waals surface area contributed by atoms with Crippen molar-refractivity contribution in [3.63, 3.8) is 0 Å². The molecule has 1 N–H and O–H groups in total. The Hall–Kier alpha value is -2.54. The molecule has 0 radical (unpaired) electrons. The summed E-state index contributed by atoms with van der Waals surface area (Å²) < 4.78 is 22.3. The molecule has 0 saturated heterocycles. The van der Waals surface area contributed by atoms with Gasteiger partial charge in [-0.25, -0.2) is 9.07 Å². The van der Waals surface area contributed by atoms with Crippen molar-refractivity contribution in [3.05, 3.63) is 88.5 Å². The zero-order valence-electron chi connectivity index (χ0n) is 25.8. The number of halogens is 1. The molecule has 3 atom stereocenters. The smallest absolute Gasteiger partial charge is 0.200 e. The molecule has 4 nitrogen and oxygen atoms in total. The molecule has 0 amide bonds. The highest BCUT2D eigenvalue weighted by Gasteiger charge is 2.47. The summed E-state index contributed by atoms with van der Waals surface area (Å²) >= 11 is 0. The first-order chi connectivity index (χ1) is 19.5. The Labute approximate surface area is 246 Å². The lowest BCUT2D eigenvalue weighted by molar-refractivity contribution is 0.0216. The summed E-state index contributed by atoms with van der Waals surface area (Å²) in [5, 5.41) is 16.6. The molecule has 1 fully saturated rings. The van der Waals surface area contributed by atoms with Gasteiger partial charge in [0.15, 0.2) is 0 Å². The molecule has 220 valence electrons. The zero-order chi connectivity index (χ0) is 29.5. The molecule has 2 aromatic carbocycles. The summed E-state index contributed by atoms with van der Waals surface area (Å²) in [6, 6.07) is 15.0. The first-order valence-electron chi connectivity index (χ1n) is 15.4. The van der Waals surface area contributed by atoms with Gasteiger partial charge in [0.25, 0.3) is 0 Å². The van der Waals surface area contributed by atoms with Gasteiger partial charge in [0.1, 0.15) is 5.82 Å². The van der Waals surface area contributed by atoms with Crippen LogP contribution in [-0.2, 0) is 17.5 Å². The highest BCUT2D eigenvalue weighted by Crippen LogP contribution is 2.55. The Morgan fingerprint density at radius 3 is 2.39 bits per heavy atom. The molecule has 0 spiro atoms. The maximum Gasteiger partial charge on any atom is 0.200 e. The van der Waals surface area contributed by atoms with E-state index in [4.69, 9.17) is 4.43 Å². The quantitative estimate of drug-likeness (QED) is 0.259. The van der Waals surface area contributed by atoms with Crippen LogP contribution in [-0.4, -0.2) is 23.2 Å². The minimum atomic E-state index is -1.98. The average molecular weight is 575 g/mol. The van der Waals surface area contributed by atoms with Gasteiger partial charge in [-0.1, -0.05) is 78.3 Å². The molecule has 2 aliphatic carbocycles. The van der Waals surface area contributed by atoms with Gasteiger partial charge in [-0.3, -0.25) is 0 Å². The first kappa shape index (κ1) is 29.9. The summed E-state index contributed by atoms with van der Waals surface area (Å²) in [6.07, 6.45) is 7.57. The maximum atomic E-state index is 13.5. The van der Waals surface area contributed by atoms with E-state index in [2.05, 4.69) is 83.9 Å².